The highest BCUT2D eigenvalue weighted by molar-refractivity contribution is 5.96. The number of aryl methyl sites for hydroxylation is 1. The molecule has 1 N–H and O–H groups in total. The highest BCUT2D eigenvalue weighted by Gasteiger charge is 2.18. The van der Waals surface area contributed by atoms with Crippen LogP contribution in [0.3, 0.4) is 0 Å². The zero-order valence-corrected chi connectivity index (χ0v) is 13.4. The van der Waals surface area contributed by atoms with Gasteiger partial charge in [-0.3, -0.25) is 5.01 Å². The van der Waals surface area contributed by atoms with Gasteiger partial charge in [0.25, 0.3) is 0 Å². The number of rotatable bonds is 5. The second kappa shape index (κ2) is 6.93. The van der Waals surface area contributed by atoms with E-state index in [9.17, 15) is 4.79 Å². The molecule has 1 heterocycles. The Bertz CT molecular complexity index is 675. The van der Waals surface area contributed by atoms with Gasteiger partial charge in [-0.1, -0.05) is 18.2 Å². The Hall–Kier alpha value is -2.56. The summed E-state index contributed by atoms with van der Waals surface area (Å²) in [6.45, 7) is 5.91. The van der Waals surface area contributed by atoms with Crippen LogP contribution in [0.5, 0.6) is 0 Å². The molecule has 1 aromatic heterocycles. The number of H-pyrrole nitrogens is 1. The predicted octanol–water partition coefficient (Wildman–Crippen LogP) is 3.28. The molecular weight excluding hydrogens is 278 g/mol. The minimum Gasteiger partial charge on any atom is -0.462 e. The van der Waals surface area contributed by atoms with Crippen LogP contribution in [-0.4, -0.2) is 30.8 Å². The standard InChI is InChI=1S/C17H21N3O2/c1-5-22-17(21)16-12(2)15(19-13(16)3)11-18-20(4)14-9-7-6-8-10-14/h6-11,19H,5H2,1-4H3/b18-11+. The number of nitrogens with one attached hydrogen (secondary N) is 1. The lowest BCUT2D eigenvalue weighted by Crippen LogP contribution is -2.09. The van der Waals surface area contributed by atoms with E-state index in [-0.39, 0.29) is 5.97 Å². The van der Waals surface area contributed by atoms with Crippen LogP contribution in [-0.2, 0) is 4.74 Å². The van der Waals surface area contributed by atoms with Gasteiger partial charge < -0.3 is 9.72 Å². The second-order valence-corrected chi connectivity index (χ2v) is 4.99. The van der Waals surface area contributed by atoms with Crippen LogP contribution >= 0.6 is 0 Å². The van der Waals surface area contributed by atoms with E-state index in [1.54, 1.807) is 18.1 Å². The Morgan fingerprint density at radius 2 is 2.00 bits per heavy atom. The van der Waals surface area contributed by atoms with Crippen LogP contribution in [0.25, 0.3) is 0 Å². The van der Waals surface area contributed by atoms with Crippen molar-refractivity contribution in [1.82, 2.24) is 4.98 Å². The fourth-order valence-electron chi connectivity index (χ4n) is 2.27. The highest BCUT2D eigenvalue weighted by Crippen LogP contribution is 2.18. The minimum absolute atomic E-state index is 0.301. The summed E-state index contributed by atoms with van der Waals surface area (Å²) in [6, 6.07) is 9.85. The van der Waals surface area contributed by atoms with Crippen molar-refractivity contribution in [2.45, 2.75) is 20.8 Å². The molecule has 0 saturated heterocycles. The first kappa shape index (κ1) is 15.8. The van der Waals surface area contributed by atoms with Crippen molar-refractivity contribution in [2.24, 2.45) is 5.10 Å². The normalized spacial score (nSPS) is 10.9. The monoisotopic (exact) mass is 299 g/mol. The summed E-state index contributed by atoms with van der Waals surface area (Å²) >= 11 is 0. The van der Waals surface area contributed by atoms with Crippen molar-refractivity contribution >= 4 is 17.9 Å². The summed E-state index contributed by atoms with van der Waals surface area (Å²) in [5.74, 6) is -0.301. The first-order valence-corrected chi connectivity index (χ1v) is 7.23. The molecule has 0 saturated carbocycles. The average molecular weight is 299 g/mol. The van der Waals surface area contributed by atoms with E-state index >= 15 is 0 Å². The molecule has 0 aliphatic carbocycles. The van der Waals surface area contributed by atoms with Crippen molar-refractivity contribution in [1.29, 1.82) is 0 Å². The number of hydrogen-bond donors (Lipinski definition) is 1. The summed E-state index contributed by atoms with van der Waals surface area (Å²) in [5.41, 5.74) is 4.03. The van der Waals surface area contributed by atoms with Gasteiger partial charge >= 0.3 is 5.97 Å². The number of para-hydroxylation sites is 1. The summed E-state index contributed by atoms with van der Waals surface area (Å²) < 4.78 is 5.08. The summed E-state index contributed by atoms with van der Waals surface area (Å²) in [4.78, 5) is 15.1. The molecule has 0 bridgehead atoms. The van der Waals surface area contributed by atoms with E-state index in [2.05, 4.69) is 10.1 Å². The maximum Gasteiger partial charge on any atom is 0.340 e. The van der Waals surface area contributed by atoms with Crippen molar-refractivity contribution in [3.05, 3.63) is 52.8 Å². The van der Waals surface area contributed by atoms with E-state index in [0.29, 0.717) is 12.2 Å². The molecule has 2 rings (SSSR count). The van der Waals surface area contributed by atoms with Gasteiger partial charge in [-0.05, 0) is 38.5 Å². The summed E-state index contributed by atoms with van der Waals surface area (Å²) in [6.07, 6.45) is 1.72. The second-order valence-electron chi connectivity index (χ2n) is 4.99. The molecule has 0 aliphatic rings. The van der Waals surface area contributed by atoms with Gasteiger partial charge in [0.15, 0.2) is 0 Å². The number of anilines is 1. The zero-order valence-electron chi connectivity index (χ0n) is 13.4. The number of carbonyl (C=O) groups is 1. The largest absolute Gasteiger partial charge is 0.462 e. The van der Waals surface area contributed by atoms with Gasteiger partial charge in [-0.25, -0.2) is 4.79 Å². The molecule has 1 aromatic carbocycles. The highest BCUT2D eigenvalue weighted by atomic mass is 16.5. The Kier molecular flexibility index (Phi) is 4.99. The molecule has 0 unspecified atom stereocenters. The van der Waals surface area contributed by atoms with E-state index < -0.39 is 0 Å². The van der Waals surface area contributed by atoms with Crippen molar-refractivity contribution < 1.29 is 9.53 Å². The lowest BCUT2D eigenvalue weighted by atomic mass is 10.1. The molecule has 2 aromatic rings. The van der Waals surface area contributed by atoms with Crippen LogP contribution < -0.4 is 5.01 Å². The molecule has 0 aliphatic heterocycles. The number of aromatic nitrogens is 1. The molecular formula is C17H21N3O2. The first-order valence-electron chi connectivity index (χ1n) is 7.23. The molecule has 5 nitrogen and oxygen atoms in total. The lowest BCUT2D eigenvalue weighted by molar-refractivity contribution is 0.0525. The zero-order chi connectivity index (χ0) is 16.1. The SMILES string of the molecule is CCOC(=O)c1c(C)[nH]c(/C=N/N(C)c2ccccc2)c1C. The van der Waals surface area contributed by atoms with E-state index in [1.165, 1.54) is 0 Å². The average Bonchev–Trinajstić information content (AvgIpc) is 2.80. The minimum atomic E-state index is -0.301. The van der Waals surface area contributed by atoms with Crippen LogP contribution in [0, 0.1) is 13.8 Å². The quantitative estimate of drug-likeness (QED) is 0.523. The Morgan fingerprint density at radius 1 is 1.32 bits per heavy atom. The summed E-state index contributed by atoms with van der Waals surface area (Å²) in [5, 5.41) is 6.19. The third-order valence-electron chi connectivity index (χ3n) is 3.45. The predicted molar refractivity (Wildman–Crippen MR) is 88.7 cm³/mol. The number of benzene rings is 1. The van der Waals surface area contributed by atoms with Gasteiger partial charge in [0.2, 0.25) is 0 Å². The molecule has 0 radical (unpaired) electrons. The summed E-state index contributed by atoms with van der Waals surface area (Å²) in [7, 11) is 1.88. The number of esters is 1. The van der Waals surface area contributed by atoms with Gasteiger partial charge in [0.1, 0.15) is 0 Å². The molecule has 22 heavy (non-hydrogen) atoms. The fourth-order valence-corrected chi connectivity index (χ4v) is 2.27. The van der Waals surface area contributed by atoms with Crippen LogP contribution in [0.1, 0.15) is 34.2 Å². The molecule has 116 valence electrons. The smallest absolute Gasteiger partial charge is 0.340 e. The number of aromatic amines is 1. The third-order valence-corrected chi connectivity index (χ3v) is 3.45. The van der Waals surface area contributed by atoms with Crippen molar-refractivity contribution in [3.8, 4) is 0 Å². The molecule has 0 fully saturated rings. The van der Waals surface area contributed by atoms with E-state index in [1.807, 2.05) is 51.2 Å². The van der Waals surface area contributed by atoms with E-state index in [0.717, 1.165) is 22.6 Å². The maximum atomic E-state index is 12.0. The number of ether oxygens (including phenoxy) is 1. The Labute approximate surface area is 130 Å². The number of hydrazone groups is 1. The molecule has 0 atom stereocenters. The van der Waals surface area contributed by atoms with Gasteiger partial charge in [0, 0.05) is 12.7 Å². The number of hydrogen-bond acceptors (Lipinski definition) is 4. The van der Waals surface area contributed by atoms with Gasteiger partial charge in [0.05, 0.1) is 29.8 Å². The van der Waals surface area contributed by atoms with Crippen molar-refractivity contribution in [3.63, 3.8) is 0 Å². The Morgan fingerprint density at radius 3 is 2.64 bits per heavy atom. The maximum absolute atomic E-state index is 12.0. The van der Waals surface area contributed by atoms with Crippen molar-refractivity contribution in [2.75, 3.05) is 18.7 Å². The molecule has 0 spiro atoms. The number of nitrogens with zero attached hydrogens (tertiary/aromatic N) is 2. The fraction of sp³-hybridized carbons (Fsp3) is 0.294. The van der Waals surface area contributed by atoms with Gasteiger partial charge in [-0.15, -0.1) is 0 Å². The third kappa shape index (κ3) is 3.36. The first-order chi connectivity index (χ1) is 10.5. The van der Waals surface area contributed by atoms with Crippen LogP contribution in [0.15, 0.2) is 35.4 Å². The van der Waals surface area contributed by atoms with Crippen LogP contribution in [0.4, 0.5) is 5.69 Å². The molecule has 0 amide bonds. The topological polar surface area (TPSA) is 57.7 Å². The van der Waals surface area contributed by atoms with Crippen LogP contribution in [0.2, 0.25) is 0 Å². The number of carbonyl (C=O) groups excluding carboxylic acids is 1. The Balaban J connectivity index is 2.22. The lowest BCUT2D eigenvalue weighted by Gasteiger charge is -2.11. The van der Waals surface area contributed by atoms with Gasteiger partial charge in [-0.2, -0.15) is 5.10 Å². The van der Waals surface area contributed by atoms with E-state index in [4.69, 9.17) is 4.74 Å². The molecule has 5 heteroatoms.